The average molecular weight is 369 g/mol. The molecule has 5 heteroatoms. The SMILES string of the molecule is Cc1ccc(N2C[C@H](C(=O)N3c4ccccc4C[C@H]3C)CC2=O)cc1Cl. The molecule has 2 aromatic rings. The summed E-state index contributed by atoms with van der Waals surface area (Å²) in [6, 6.07) is 13.7. The van der Waals surface area contributed by atoms with Crippen LogP contribution in [-0.2, 0) is 16.0 Å². The number of rotatable bonds is 2. The molecular weight excluding hydrogens is 348 g/mol. The molecule has 2 heterocycles. The Hall–Kier alpha value is -2.33. The fourth-order valence-corrected chi connectivity index (χ4v) is 4.15. The van der Waals surface area contributed by atoms with Gasteiger partial charge in [-0.05, 0) is 49.6 Å². The van der Waals surface area contributed by atoms with Crippen molar-refractivity contribution in [3.05, 3.63) is 58.6 Å². The van der Waals surface area contributed by atoms with Crippen LogP contribution in [-0.4, -0.2) is 24.4 Å². The summed E-state index contributed by atoms with van der Waals surface area (Å²) in [5.41, 5.74) is 3.90. The molecule has 0 radical (unpaired) electrons. The summed E-state index contributed by atoms with van der Waals surface area (Å²) in [7, 11) is 0. The van der Waals surface area contributed by atoms with Gasteiger partial charge in [0, 0.05) is 35.4 Å². The lowest BCUT2D eigenvalue weighted by Crippen LogP contribution is -2.41. The van der Waals surface area contributed by atoms with Crippen LogP contribution in [0.4, 0.5) is 11.4 Å². The van der Waals surface area contributed by atoms with Crippen molar-refractivity contribution in [1.82, 2.24) is 0 Å². The summed E-state index contributed by atoms with van der Waals surface area (Å²) in [6.45, 7) is 4.39. The van der Waals surface area contributed by atoms with E-state index >= 15 is 0 Å². The molecule has 0 bridgehead atoms. The molecule has 0 N–H and O–H groups in total. The highest BCUT2D eigenvalue weighted by Crippen LogP contribution is 2.35. The van der Waals surface area contributed by atoms with Crippen LogP contribution in [0, 0.1) is 12.8 Å². The third-order valence-electron chi connectivity index (χ3n) is 5.39. The number of carbonyl (C=O) groups excluding carboxylic acids is 2. The largest absolute Gasteiger partial charge is 0.312 e. The number of hydrogen-bond donors (Lipinski definition) is 0. The third kappa shape index (κ3) is 2.78. The topological polar surface area (TPSA) is 40.6 Å². The van der Waals surface area contributed by atoms with Crippen LogP contribution in [0.15, 0.2) is 42.5 Å². The molecule has 1 saturated heterocycles. The van der Waals surface area contributed by atoms with Gasteiger partial charge in [0.05, 0.1) is 5.92 Å². The van der Waals surface area contributed by atoms with Gasteiger partial charge in [0.2, 0.25) is 11.8 Å². The molecule has 4 rings (SSSR count). The third-order valence-corrected chi connectivity index (χ3v) is 5.79. The summed E-state index contributed by atoms with van der Waals surface area (Å²) in [5, 5.41) is 0.632. The molecule has 4 nitrogen and oxygen atoms in total. The first-order valence-electron chi connectivity index (χ1n) is 8.93. The van der Waals surface area contributed by atoms with E-state index in [2.05, 4.69) is 13.0 Å². The number of aryl methyl sites for hydroxylation is 1. The van der Waals surface area contributed by atoms with Crippen LogP contribution < -0.4 is 9.80 Å². The van der Waals surface area contributed by atoms with Gasteiger partial charge in [-0.25, -0.2) is 0 Å². The maximum atomic E-state index is 13.2. The fourth-order valence-electron chi connectivity index (χ4n) is 3.97. The molecule has 2 amide bonds. The van der Waals surface area contributed by atoms with E-state index in [0.717, 1.165) is 23.4 Å². The van der Waals surface area contributed by atoms with Gasteiger partial charge < -0.3 is 9.80 Å². The monoisotopic (exact) mass is 368 g/mol. The Morgan fingerprint density at radius 1 is 1.15 bits per heavy atom. The lowest BCUT2D eigenvalue weighted by atomic mass is 10.1. The van der Waals surface area contributed by atoms with Crippen molar-refractivity contribution in [2.24, 2.45) is 5.92 Å². The van der Waals surface area contributed by atoms with Gasteiger partial charge in [-0.15, -0.1) is 0 Å². The summed E-state index contributed by atoms with van der Waals surface area (Å²) in [5.74, 6) is -0.309. The Bertz CT molecular complexity index is 895. The zero-order valence-electron chi connectivity index (χ0n) is 14.9. The van der Waals surface area contributed by atoms with Crippen molar-refractivity contribution in [2.75, 3.05) is 16.3 Å². The van der Waals surface area contributed by atoms with Crippen LogP contribution in [0.5, 0.6) is 0 Å². The number of carbonyl (C=O) groups is 2. The number of nitrogens with zero attached hydrogens (tertiary/aromatic N) is 2. The zero-order chi connectivity index (χ0) is 18.4. The highest BCUT2D eigenvalue weighted by atomic mass is 35.5. The van der Waals surface area contributed by atoms with Crippen LogP contribution in [0.25, 0.3) is 0 Å². The number of fused-ring (bicyclic) bond motifs is 1. The second kappa shape index (κ2) is 6.44. The molecule has 0 aromatic heterocycles. The fraction of sp³-hybridized carbons (Fsp3) is 0.333. The molecular formula is C21H21ClN2O2. The van der Waals surface area contributed by atoms with Gasteiger partial charge in [0.25, 0.3) is 0 Å². The van der Waals surface area contributed by atoms with Crippen molar-refractivity contribution in [3.63, 3.8) is 0 Å². The normalized spacial score (nSPS) is 22.0. The molecule has 1 fully saturated rings. The van der Waals surface area contributed by atoms with Gasteiger partial charge in [-0.2, -0.15) is 0 Å². The van der Waals surface area contributed by atoms with Gasteiger partial charge in [0.1, 0.15) is 0 Å². The van der Waals surface area contributed by atoms with E-state index in [1.807, 2.05) is 42.2 Å². The minimum atomic E-state index is -0.323. The highest BCUT2D eigenvalue weighted by Gasteiger charge is 2.41. The van der Waals surface area contributed by atoms with E-state index in [9.17, 15) is 9.59 Å². The molecule has 2 aliphatic heterocycles. The predicted octanol–water partition coefficient (Wildman–Crippen LogP) is 3.98. The standard InChI is InChI=1S/C21H21ClN2O2/c1-13-7-8-17(11-18(13)22)23-12-16(10-20(23)25)21(26)24-14(2)9-15-5-3-4-6-19(15)24/h3-8,11,14,16H,9-10,12H2,1-2H3/t14-,16-/m1/s1. The van der Waals surface area contributed by atoms with Crippen LogP contribution in [0.1, 0.15) is 24.5 Å². The van der Waals surface area contributed by atoms with Gasteiger partial charge >= 0.3 is 0 Å². The first-order chi connectivity index (χ1) is 12.5. The number of benzene rings is 2. The molecule has 26 heavy (non-hydrogen) atoms. The molecule has 0 unspecified atom stereocenters. The Labute approximate surface area is 158 Å². The predicted molar refractivity (Wildman–Crippen MR) is 104 cm³/mol. The minimum absolute atomic E-state index is 0.0246. The van der Waals surface area contributed by atoms with E-state index in [1.165, 1.54) is 5.56 Å². The van der Waals surface area contributed by atoms with Gasteiger partial charge in [-0.1, -0.05) is 35.9 Å². The van der Waals surface area contributed by atoms with Gasteiger partial charge in [0.15, 0.2) is 0 Å². The van der Waals surface area contributed by atoms with Crippen LogP contribution in [0.3, 0.4) is 0 Å². The average Bonchev–Trinajstić information content (AvgIpc) is 3.16. The Morgan fingerprint density at radius 2 is 1.92 bits per heavy atom. The molecule has 2 aromatic carbocycles. The first kappa shape index (κ1) is 17.1. The maximum Gasteiger partial charge on any atom is 0.232 e. The Kier molecular flexibility index (Phi) is 4.23. The van der Waals surface area contributed by atoms with Crippen molar-refractivity contribution >= 4 is 34.8 Å². The summed E-state index contributed by atoms with van der Waals surface area (Å²) in [4.78, 5) is 29.3. The Morgan fingerprint density at radius 3 is 2.69 bits per heavy atom. The second-order valence-electron chi connectivity index (χ2n) is 7.23. The number of hydrogen-bond acceptors (Lipinski definition) is 2. The quantitative estimate of drug-likeness (QED) is 0.804. The molecule has 0 saturated carbocycles. The van der Waals surface area contributed by atoms with E-state index < -0.39 is 0 Å². The molecule has 2 aliphatic rings. The minimum Gasteiger partial charge on any atom is -0.312 e. The first-order valence-corrected chi connectivity index (χ1v) is 9.31. The van der Waals surface area contributed by atoms with E-state index in [-0.39, 0.29) is 30.2 Å². The molecule has 0 aliphatic carbocycles. The lowest BCUT2D eigenvalue weighted by molar-refractivity contribution is -0.124. The smallest absolute Gasteiger partial charge is 0.232 e. The van der Waals surface area contributed by atoms with E-state index in [0.29, 0.717) is 11.6 Å². The number of amides is 2. The van der Waals surface area contributed by atoms with E-state index in [4.69, 9.17) is 11.6 Å². The van der Waals surface area contributed by atoms with Gasteiger partial charge in [-0.3, -0.25) is 9.59 Å². The number of halogens is 1. The van der Waals surface area contributed by atoms with Crippen molar-refractivity contribution in [2.45, 2.75) is 32.7 Å². The summed E-state index contributed by atoms with van der Waals surface area (Å²) in [6.07, 6.45) is 1.11. The second-order valence-corrected chi connectivity index (χ2v) is 7.64. The van der Waals surface area contributed by atoms with Crippen LogP contribution in [0.2, 0.25) is 5.02 Å². The maximum absolute atomic E-state index is 13.2. The number of anilines is 2. The Balaban J connectivity index is 1.57. The summed E-state index contributed by atoms with van der Waals surface area (Å²) < 4.78 is 0. The molecule has 134 valence electrons. The van der Waals surface area contributed by atoms with Crippen molar-refractivity contribution < 1.29 is 9.59 Å². The molecule has 0 spiro atoms. The van der Waals surface area contributed by atoms with E-state index in [1.54, 1.807) is 11.0 Å². The summed E-state index contributed by atoms with van der Waals surface area (Å²) >= 11 is 6.20. The van der Waals surface area contributed by atoms with Crippen LogP contribution >= 0.6 is 11.6 Å². The highest BCUT2D eigenvalue weighted by molar-refractivity contribution is 6.31. The lowest BCUT2D eigenvalue weighted by Gasteiger charge is -2.26. The number of para-hydroxylation sites is 1. The molecule has 2 atom stereocenters. The van der Waals surface area contributed by atoms with Crippen molar-refractivity contribution in [1.29, 1.82) is 0 Å². The van der Waals surface area contributed by atoms with Crippen molar-refractivity contribution in [3.8, 4) is 0 Å². The zero-order valence-corrected chi connectivity index (χ0v) is 15.7.